The van der Waals surface area contributed by atoms with Gasteiger partial charge in [0.2, 0.25) is 5.91 Å². The maximum absolute atomic E-state index is 13.0. The van der Waals surface area contributed by atoms with Gasteiger partial charge in [-0.2, -0.15) is 5.10 Å². The van der Waals surface area contributed by atoms with E-state index in [1.165, 1.54) is 0 Å². The van der Waals surface area contributed by atoms with Crippen LogP contribution in [0, 0.1) is 13.8 Å². The molecule has 0 saturated carbocycles. The van der Waals surface area contributed by atoms with E-state index in [-0.39, 0.29) is 11.9 Å². The van der Waals surface area contributed by atoms with E-state index in [0.717, 1.165) is 42.0 Å². The van der Waals surface area contributed by atoms with Gasteiger partial charge in [0.05, 0.1) is 12.2 Å². The zero-order valence-electron chi connectivity index (χ0n) is 18.1. The van der Waals surface area contributed by atoms with E-state index in [1.54, 1.807) is 23.0 Å². The summed E-state index contributed by atoms with van der Waals surface area (Å²) in [5.41, 5.74) is 2.68. The number of likely N-dealkylation sites (tertiary alicyclic amines) is 1. The predicted molar refractivity (Wildman–Crippen MR) is 120 cm³/mol. The number of pyridine rings is 1. The lowest BCUT2D eigenvalue weighted by Crippen LogP contribution is -2.38. The van der Waals surface area contributed by atoms with Crippen molar-refractivity contribution in [2.24, 2.45) is 7.05 Å². The van der Waals surface area contributed by atoms with Gasteiger partial charge in [0.25, 0.3) is 0 Å². The number of aryl methyl sites for hydroxylation is 3. The Morgan fingerprint density at radius 3 is 2.77 bits per heavy atom. The number of carbonyl (C=O) groups excluding carboxylic acids is 1. The Balaban J connectivity index is 1.56. The molecule has 0 bridgehead atoms. The van der Waals surface area contributed by atoms with Crippen molar-refractivity contribution in [3.05, 3.63) is 65.5 Å². The van der Waals surface area contributed by atoms with E-state index in [0.29, 0.717) is 18.2 Å². The second-order valence-electron chi connectivity index (χ2n) is 7.87. The molecule has 31 heavy (non-hydrogen) atoms. The average Bonchev–Trinajstić information content (AvgIpc) is 3.17. The zero-order valence-corrected chi connectivity index (χ0v) is 18.1. The average molecular weight is 418 g/mol. The lowest BCUT2D eigenvalue weighted by Gasteiger charge is -2.34. The van der Waals surface area contributed by atoms with Crippen molar-refractivity contribution >= 4 is 23.6 Å². The van der Waals surface area contributed by atoms with E-state index < -0.39 is 0 Å². The highest BCUT2D eigenvalue weighted by molar-refractivity contribution is 5.92. The van der Waals surface area contributed by atoms with Crippen LogP contribution >= 0.6 is 0 Å². The second kappa shape index (κ2) is 9.07. The fourth-order valence-corrected chi connectivity index (χ4v) is 3.80. The Kier molecular flexibility index (Phi) is 6.06. The molecule has 0 unspecified atom stereocenters. The summed E-state index contributed by atoms with van der Waals surface area (Å²) in [6.07, 6.45) is 9.89. The van der Waals surface area contributed by atoms with E-state index in [2.05, 4.69) is 20.4 Å². The summed E-state index contributed by atoms with van der Waals surface area (Å²) in [6.45, 7) is 4.59. The largest absolute Gasteiger partial charge is 0.329 e. The maximum Gasteiger partial charge on any atom is 0.247 e. The Hall–Kier alpha value is -3.55. The van der Waals surface area contributed by atoms with Gasteiger partial charge >= 0.3 is 0 Å². The third-order valence-corrected chi connectivity index (χ3v) is 5.24. The van der Waals surface area contributed by atoms with Crippen LogP contribution in [0.15, 0.2) is 42.7 Å². The molecule has 160 valence electrons. The van der Waals surface area contributed by atoms with Crippen LogP contribution in [0.5, 0.6) is 0 Å². The minimum Gasteiger partial charge on any atom is -0.329 e. The van der Waals surface area contributed by atoms with E-state index >= 15 is 0 Å². The summed E-state index contributed by atoms with van der Waals surface area (Å²) in [7, 11) is 1.85. The molecule has 4 heterocycles. The van der Waals surface area contributed by atoms with Crippen LogP contribution in [0.3, 0.4) is 0 Å². The van der Waals surface area contributed by atoms with Gasteiger partial charge in [0.1, 0.15) is 11.6 Å². The van der Waals surface area contributed by atoms with Crippen LogP contribution in [0.2, 0.25) is 0 Å². The smallest absolute Gasteiger partial charge is 0.247 e. The molecule has 1 fully saturated rings. The monoisotopic (exact) mass is 417 g/mol. The molecule has 1 atom stereocenters. The quantitative estimate of drug-likeness (QED) is 0.636. The molecule has 1 aliphatic rings. The molecule has 1 saturated heterocycles. The summed E-state index contributed by atoms with van der Waals surface area (Å²) in [5.74, 6) is 2.05. The normalized spacial score (nSPS) is 16.6. The Labute approximate surface area is 182 Å². The molecule has 0 aliphatic carbocycles. The second-order valence-corrected chi connectivity index (χ2v) is 7.87. The number of piperidine rings is 1. The van der Waals surface area contributed by atoms with Crippen molar-refractivity contribution in [3.8, 4) is 0 Å². The fourth-order valence-electron chi connectivity index (χ4n) is 3.80. The Morgan fingerprint density at radius 1 is 1.13 bits per heavy atom. The van der Waals surface area contributed by atoms with Gasteiger partial charge in [-0.05, 0) is 51.3 Å². The highest BCUT2D eigenvalue weighted by Gasteiger charge is 2.29. The summed E-state index contributed by atoms with van der Waals surface area (Å²) in [5, 5.41) is 7.41. The molecule has 3 aromatic rings. The minimum absolute atomic E-state index is 0.0338. The first-order valence-electron chi connectivity index (χ1n) is 10.5. The van der Waals surface area contributed by atoms with Crippen LogP contribution in [0.25, 0.3) is 6.08 Å². The van der Waals surface area contributed by atoms with Gasteiger partial charge in [-0.1, -0.05) is 6.07 Å². The number of anilines is 2. The first kappa shape index (κ1) is 20.7. The number of nitrogens with one attached hydrogen (secondary N) is 1. The molecule has 0 spiro atoms. The van der Waals surface area contributed by atoms with Gasteiger partial charge in [-0.15, -0.1) is 0 Å². The Bertz CT molecular complexity index is 1100. The summed E-state index contributed by atoms with van der Waals surface area (Å²) < 4.78 is 1.71. The standard InChI is InChI=1S/C23H27N7O/c1-16-7-6-9-20(25-16)27-21-13-17(2)26-23(28-21)19-8-4-5-12-30(19)22(31)11-10-18-14-24-29(3)15-18/h6-7,9-11,13-15,19H,4-5,8,12H2,1-3H3,(H,25,26,27,28)/b11-10+/t19-/m1/s1. The molecule has 0 radical (unpaired) electrons. The van der Waals surface area contributed by atoms with Crippen LogP contribution in [-0.2, 0) is 11.8 Å². The van der Waals surface area contributed by atoms with Gasteiger partial charge in [0.15, 0.2) is 5.82 Å². The van der Waals surface area contributed by atoms with Crippen molar-refractivity contribution in [2.45, 2.75) is 39.2 Å². The van der Waals surface area contributed by atoms with Crippen molar-refractivity contribution in [3.63, 3.8) is 0 Å². The van der Waals surface area contributed by atoms with Crippen molar-refractivity contribution in [1.82, 2.24) is 29.6 Å². The van der Waals surface area contributed by atoms with Gasteiger partial charge < -0.3 is 10.2 Å². The molecule has 8 nitrogen and oxygen atoms in total. The summed E-state index contributed by atoms with van der Waals surface area (Å²) in [6, 6.07) is 7.56. The molecular formula is C23H27N7O. The first-order valence-corrected chi connectivity index (χ1v) is 10.5. The number of rotatable bonds is 5. The number of amides is 1. The Morgan fingerprint density at radius 2 is 2.00 bits per heavy atom. The predicted octanol–water partition coefficient (Wildman–Crippen LogP) is 3.73. The van der Waals surface area contributed by atoms with Crippen molar-refractivity contribution in [2.75, 3.05) is 11.9 Å². The van der Waals surface area contributed by atoms with Gasteiger partial charge in [0, 0.05) is 48.9 Å². The molecular weight excluding hydrogens is 390 g/mol. The molecule has 0 aromatic carbocycles. The number of hydrogen-bond acceptors (Lipinski definition) is 6. The lowest BCUT2D eigenvalue weighted by molar-refractivity contribution is -0.129. The number of aromatic nitrogens is 5. The number of nitrogens with zero attached hydrogens (tertiary/aromatic N) is 6. The zero-order chi connectivity index (χ0) is 21.8. The van der Waals surface area contributed by atoms with E-state index in [9.17, 15) is 4.79 Å². The maximum atomic E-state index is 13.0. The van der Waals surface area contributed by atoms with Crippen LogP contribution < -0.4 is 5.32 Å². The van der Waals surface area contributed by atoms with E-state index in [4.69, 9.17) is 4.98 Å². The highest BCUT2D eigenvalue weighted by atomic mass is 16.2. The molecule has 1 aliphatic heterocycles. The van der Waals surface area contributed by atoms with E-state index in [1.807, 2.05) is 56.3 Å². The molecule has 1 N–H and O–H groups in total. The minimum atomic E-state index is -0.147. The number of carbonyl (C=O) groups is 1. The molecule has 8 heteroatoms. The van der Waals surface area contributed by atoms with Crippen LogP contribution in [0.4, 0.5) is 11.6 Å². The SMILES string of the molecule is Cc1cccc(Nc2cc(C)nc([C@H]3CCCCN3C(=O)/C=C/c3cnn(C)c3)n2)n1. The third kappa shape index (κ3) is 5.14. The lowest BCUT2D eigenvalue weighted by atomic mass is 10.0. The molecule has 3 aromatic heterocycles. The van der Waals surface area contributed by atoms with Crippen molar-refractivity contribution < 1.29 is 4.79 Å². The van der Waals surface area contributed by atoms with Gasteiger partial charge in [-0.3, -0.25) is 9.48 Å². The van der Waals surface area contributed by atoms with Crippen LogP contribution in [0.1, 0.15) is 48.1 Å². The van der Waals surface area contributed by atoms with Crippen molar-refractivity contribution in [1.29, 1.82) is 0 Å². The van der Waals surface area contributed by atoms with Gasteiger partial charge in [-0.25, -0.2) is 15.0 Å². The fraction of sp³-hybridized carbons (Fsp3) is 0.348. The molecule has 4 rings (SSSR count). The topological polar surface area (TPSA) is 88.8 Å². The number of hydrogen-bond donors (Lipinski definition) is 1. The molecule has 1 amide bonds. The first-order chi connectivity index (χ1) is 15.0. The highest BCUT2D eigenvalue weighted by Crippen LogP contribution is 2.30. The summed E-state index contributed by atoms with van der Waals surface area (Å²) in [4.78, 5) is 28.8. The third-order valence-electron chi connectivity index (χ3n) is 5.24. The summed E-state index contributed by atoms with van der Waals surface area (Å²) >= 11 is 0. The van der Waals surface area contributed by atoms with Crippen LogP contribution in [-0.4, -0.2) is 42.1 Å².